The fraction of sp³-hybridized carbons (Fsp3) is 0.417. The molecule has 1 aliphatic heterocycles. The van der Waals surface area contributed by atoms with E-state index in [0.717, 1.165) is 22.0 Å². The van der Waals surface area contributed by atoms with Crippen molar-refractivity contribution in [3.05, 3.63) is 32.7 Å². The van der Waals surface area contributed by atoms with Crippen LogP contribution in [0.3, 0.4) is 0 Å². The van der Waals surface area contributed by atoms with Crippen LogP contribution in [0.4, 0.5) is 0 Å². The van der Waals surface area contributed by atoms with Gasteiger partial charge in [0.25, 0.3) is 5.91 Å². The molecule has 0 aromatic heterocycles. The highest BCUT2D eigenvalue weighted by Crippen LogP contribution is 2.21. The lowest BCUT2D eigenvalue weighted by atomic mass is 10.2. The van der Waals surface area contributed by atoms with E-state index in [2.05, 4.69) is 42.5 Å². The smallest absolute Gasteiger partial charge is 0.252 e. The summed E-state index contributed by atoms with van der Waals surface area (Å²) in [6, 6.07) is 5.48. The molecule has 98 valence electrons. The molecule has 0 aliphatic carbocycles. The first-order valence-corrected chi connectivity index (χ1v) is 7.31. The molecule has 18 heavy (non-hydrogen) atoms. The number of rotatable bonds is 3. The van der Waals surface area contributed by atoms with Crippen LogP contribution in [0.5, 0.6) is 0 Å². The molecule has 0 spiro atoms. The van der Waals surface area contributed by atoms with Crippen molar-refractivity contribution in [2.75, 3.05) is 26.2 Å². The van der Waals surface area contributed by atoms with Crippen LogP contribution in [0.2, 0.25) is 0 Å². The second kappa shape index (κ2) is 6.65. The van der Waals surface area contributed by atoms with Crippen molar-refractivity contribution in [2.24, 2.45) is 0 Å². The summed E-state index contributed by atoms with van der Waals surface area (Å²) in [5, 5.41) is 6.11. The van der Waals surface area contributed by atoms with Crippen molar-refractivity contribution in [3.8, 4) is 0 Å². The van der Waals surface area contributed by atoms with Gasteiger partial charge in [-0.2, -0.15) is 0 Å². The standard InChI is InChI=1S/C12H14Br2N2O2/c13-8-1-2-10(11(14)5-8)12(17)16-7-9-6-15-3-4-18-9/h1-2,5,9,15H,3-4,6-7H2,(H,16,17). The Morgan fingerprint density at radius 1 is 1.50 bits per heavy atom. The quantitative estimate of drug-likeness (QED) is 0.846. The Morgan fingerprint density at radius 2 is 2.33 bits per heavy atom. The number of carbonyl (C=O) groups excluding carboxylic acids is 1. The van der Waals surface area contributed by atoms with Gasteiger partial charge in [-0.1, -0.05) is 15.9 Å². The number of amides is 1. The summed E-state index contributed by atoms with van der Waals surface area (Å²) in [5.74, 6) is -0.0939. The van der Waals surface area contributed by atoms with E-state index in [1.54, 1.807) is 6.07 Å². The van der Waals surface area contributed by atoms with Crippen LogP contribution < -0.4 is 10.6 Å². The molecule has 1 heterocycles. The largest absolute Gasteiger partial charge is 0.374 e. The summed E-state index contributed by atoms with van der Waals surface area (Å²) in [7, 11) is 0. The number of nitrogens with one attached hydrogen (secondary N) is 2. The Labute approximate surface area is 123 Å². The van der Waals surface area contributed by atoms with Crippen LogP contribution in [0.1, 0.15) is 10.4 Å². The summed E-state index contributed by atoms with van der Waals surface area (Å²) >= 11 is 6.74. The molecule has 1 unspecified atom stereocenters. The van der Waals surface area contributed by atoms with E-state index in [1.807, 2.05) is 12.1 Å². The van der Waals surface area contributed by atoms with Gasteiger partial charge in [-0.05, 0) is 34.1 Å². The second-order valence-corrected chi connectivity index (χ2v) is 5.80. The minimum absolute atomic E-state index is 0.0527. The zero-order chi connectivity index (χ0) is 13.0. The van der Waals surface area contributed by atoms with Crippen molar-refractivity contribution >= 4 is 37.8 Å². The van der Waals surface area contributed by atoms with Gasteiger partial charge in [0, 0.05) is 28.6 Å². The third-order valence-corrected chi connectivity index (χ3v) is 3.82. The molecule has 1 aliphatic rings. The SMILES string of the molecule is O=C(NCC1CNCCO1)c1ccc(Br)cc1Br. The van der Waals surface area contributed by atoms with Gasteiger partial charge in [-0.25, -0.2) is 0 Å². The Kier molecular flexibility index (Phi) is 5.17. The number of halogens is 2. The lowest BCUT2D eigenvalue weighted by molar-refractivity contribution is 0.0287. The van der Waals surface area contributed by atoms with Gasteiger partial charge in [-0.15, -0.1) is 0 Å². The monoisotopic (exact) mass is 376 g/mol. The van der Waals surface area contributed by atoms with E-state index in [-0.39, 0.29) is 12.0 Å². The van der Waals surface area contributed by atoms with Gasteiger partial charge in [0.1, 0.15) is 0 Å². The van der Waals surface area contributed by atoms with Crippen LogP contribution in [0, 0.1) is 0 Å². The average Bonchev–Trinajstić information content (AvgIpc) is 2.37. The molecule has 1 fully saturated rings. The first-order chi connectivity index (χ1) is 8.66. The van der Waals surface area contributed by atoms with Gasteiger partial charge >= 0.3 is 0 Å². The third-order valence-electron chi connectivity index (χ3n) is 2.67. The number of ether oxygens (including phenoxy) is 1. The van der Waals surface area contributed by atoms with Crippen LogP contribution in [-0.4, -0.2) is 38.3 Å². The number of benzene rings is 1. The molecule has 1 aromatic rings. The van der Waals surface area contributed by atoms with E-state index in [1.165, 1.54) is 0 Å². The minimum Gasteiger partial charge on any atom is -0.374 e. The van der Waals surface area contributed by atoms with Crippen LogP contribution in [0.15, 0.2) is 27.1 Å². The normalized spacial score (nSPS) is 19.6. The molecule has 0 radical (unpaired) electrons. The number of carbonyl (C=O) groups is 1. The van der Waals surface area contributed by atoms with E-state index < -0.39 is 0 Å². The van der Waals surface area contributed by atoms with E-state index in [0.29, 0.717) is 18.7 Å². The van der Waals surface area contributed by atoms with Crippen LogP contribution >= 0.6 is 31.9 Å². The molecule has 2 N–H and O–H groups in total. The van der Waals surface area contributed by atoms with Crippen molar-refractivity contribution in [1.82, 2.24) is 10.6 Å². The summed E-state index contributed by atoms with van der Waals surface area (Å²) in [4.78, 5) is 12.0. The van der Waals surface area contributed by atoms with Crippen molar-refractivity contribution < 1.29 is 9.53 Å². The second-order valence-electron chi connectivity index (χ2n) is 4.03. The van der Waals surface area contributed by atoms with Crippen molar-refractivity contribution in [3.63, 3.8) is 0 Å². The molecule has 1 aromatic carbocycles. The van der Waals surface area contributed by atoms with Gasteiger partial charge in [0.15, 0.2) is 0 Å². The van der Waals surface area contributed by atoms with E-state index >= 15 is 0 Å². The van der Waals surface area contributed by atoms with E-state index in [4.69, 9.17) is 4.74 Å². The average molecular weight is 378 g/mol. The fourth-order valence-electron chi connectivity index (χ4n) is 1.73. The first kappa shape index (κ1) is 14.0. The molecule has 1 saturated heterocycles. The highest BCUT2D eigenvalue weighted by atomic mass is 79.9. The van der Waals surface area contributed by atoms with Crippen LogP contribution in [-0.2, 0) is 4.74 Å². The highest BCUT2D eigenvalue weighted by molar-refractivity contribution is 9.11. The topological polar surface area (TPSA) is 50.4 Å². The Morgan fingerprint density at radius 3 is 3.00 bits per heavy atom. The number of hydrogen-bond acceptors (Lipinski definition) is 3. The Balaban J connectivity index is 1.90. The van der Waals surface area contributed by atoms with Gasteiger partial charge in [0.2, 0.25) is 0 Å². The van der Waals surface area contributed by atoms with E-state index in [9.17, 15) is 4.79 Å². The van der Waals surface area contributed by atoms with Gasteiger partial charge in [-0.3, -0.25) is 4.79 Å². The minimum atomic E-state index is -0.0939. The molecule has 1 amide bonds. The van der Waals surface area contributed by atoms with Crippen molar-refractivity contribution in [2.45, 2.75) is 6.10 Å². The predicted octanol–water partition coefficient (Wildman–Crippen LogP) is 1.93. The zero-order valence-corrected chi connectivity index (χ0v) is 12.9. The molecule has 2 rings (SSSR count). The molecule has 6 heteroatoms. The highest BCUT2D eigenvalue weighted by Gasteiger charge is 2.16. The Hall–Kier alpha value is -0.430. The summed E-state index contributed by atoms with van der Waals surface area (Å²) in [6.07, 6.45) is 0.0527. The third kappa shape index (κ3) is 3.78. The maximum atomic E-state index is 12.0. The van der Waals surface area contributed by atoms with Gasteiger partial charge in [0.05, 0.1) is 18.3 Å². The lowest BCUT2D eigenvalue weighted by Crippen LogP contribution is -2.45. The zero-order valence-electron chi connectivity index (χ0n) is 9.71. The summed E-state index contributed by atoms with van der Waals surface area (Å²) in [5.41, 5.74) is 0.627. The Bertz CT molecular complexity index is 434. The summed E-state index contributed by atoms with van der Waals surface area (Å²) in [6.45, 7) is 2.88. The molecular formula is C12H14Br2N2O2. The van der Waals surface area contributed by atoms with Crippen molar-refractivity contribution in [1.29, 1.82) is 0 Å². The molecule has 1 atom stereocenters. The molecule has 4 nitrogen and oxygen atoms in total. The summed E-state index contributed by atoms with van der Waals surface area (Å²) < 4.78 is 7.23. The van der Waals surface area contributed by atoms with Gasteiger partial charge < -0.3 is 15.4 Å². The fourth-order valence-corrected chi connectivity index (χ4v) is 2.95. The molecule has 0 bridgehead atoms. The molecular weight excluding hydrogens is 364 g/mol. The lowest BCUT2D eigenvalue weighted by Gasteiger charge is -2.23. The number of hydrogen-bond donors (Lipinski definition) is 2. The first-order valence-electron chi connectivity index (χ1n) is 5.72. The number of morpholine rings is 1. The maximum absolute atomic E-state index is 12.0. The van der Waals surface area contributed by atoms with Crippen LogP contribution in [0.25, 0.3) is 0 Å². The maximum Gasteiger partial charge on any atom is 0.252 e. The molecule has 0 saturated carbocycles. The predicted molar refractivity (Wildman–Crippen MR) is 76.8 cm³/mol.